The Morgan fingerprint density at radius 1 is 0.649 bits per heavy atom. The van der Waals surface area contributed by atoms with Crippen molar-refractivity contribution >= 4 is 40.6 Å². The van der Waals surface area contributed by atoms with E-state index in [9.17, 15) is 18.4 Å². The van der Waals surface area contributed by atoms with Crippen LogP contribution in [0.25, 0.3) is 11.4 Å². The van der Waals surface area contributed by atoms with Crippen LogP contribution in [0.2, 0.25) is 5.28 Å². The van der Waals surface area contributed by atoms with E-state index in [0.29, 0.717) is 91.1 Å². The van der Waals surface area contributed by atoms with Crippen LogP contribution in [0.5, 0.6) is 11.5 Å². The van der Waals surface area contributed by atoms with Crippen molar-refractivity contribution in [2.75, 3.05) is 87.4 Å². The Hall–Kier alpha value is -6.87. The minimum absolute atomic E-state index is 0.00486. The number of hydrogen-bond donors (Lipinski definition) is 4. The number of nitrogens with zero attached hydrogens (tertiary/aromatic N) is 14. The van der Waals surface area contributed by atoms with Crippen molar-refractivity contribution in [3.8, 4) is 22.9 Å². The van der Waals surface area contributed by atoms with E-state index in [1.54, 1.807) is 36.4 Å². The molecule has 24 nitrogen and oxygen atoms in total. The molecular weight excluding hydrogens is 1020 g/mol. The molecule has 27 heteroatoms. The summed E-state index contributed by atoms with van der Waals surface area (Å²) in [6, 6.07) is 11.5. The Balaban J connectivity index is 0.000000145. The monoisotopic (exact) mass is 1090 g/mol. The first-order chi connectivity index (χ1) is 37.4. The Morgan fingerprint density at radius 3 is 1.68 bits per heavy atom. The first kappa shape index (κ1) is 53.5. The van der Waals surface area contributed by atoms with Gasteiger partial charge in [-0.05, 0) is 158 Å². The average molecular weight is 1090 g/mol. The summed E-state index contributed by atoms with van der Waals surface area (Å²) >= 11 is 5.71. The SMILES string of the molecule is Cn1nnn(-c2cc(N)ccc2OC2COC2)c1=O.Cn1nnn(-c2cc(Nc3ncc(F)c(NC[C@@H]4CCCN5CCCC[C@H]45)n3)ccc2OC2COC2)c1=O.Fc1cnc(Cl)nc1NC[C@@H]1CCCN2CCCC[C@H]12. The van der Waals surface area contributed by atoms with E-state index in [2.05, 4.69) is 66.5 Å². The molecule has 0 radical (unpaired) electrons. The molecule has 12 rings (SSSR count). The number of halogens is 3. The molecule has 4 atom stereocenters. The standard InChI is InChI=1S/C25H32FN9O3.C14H20ClFN4.C11H13N5O3/c1-33-25(36)35(32-31-33)21-11-17(7-8-22(21)38-18-14-37-15-18)29-24-28-13-19(26)23(30-24)27-12-16-5-4-10-34-9-3-2-6-20(16)34;15-14-18-9-11(16)13(19-14)17-8-10-4-3-7-20-6-2-1-5-12(10)20;1-15-11(17)16(14-13-15)9-4-7(12)2-3-10(9)19-8-5-18-6-8/h7-8,11,13,16,18,20H,2-6,9-10,12,14-15H2,1H3,(H2,27,28,29,30);9-10,12H,1-8H2,(H,17,18,19);2-4,8H,5-6,12H2,1H3/t16-,20+;10-,12+;/m00./s1. The molecule has 6 aliphatic heterocycles. The van der Waals surface area contributed by atoms with Gasteiger partial charge in [0, 0.05) is 50.6 Å². The summed E-state index contributed by atoms with van der Waals surface area (Å²) in [5.41, 5.74) is 6.96. The van der Waals surface area contributed by atoms with Gasteiger partial charge in [-0.1, -0.05) is 12.8 Å². The van der Waals surface area contributed by atoms with E-state index < -0.39 is 17.3 Å². The fraction of sp³-hybridized carbons (Fsp3) is 0.560. The number of ether oxygens (including phenoxy) is 4. The van der Waals surface area contributed by atoms with Gasteiger partial charge in [0.1, 0.15) is 35.1 Å². The first-order valence-electron chi connectivity index (χ1n) is 26.4. The lowest BCUT2D eigenvalue weighted by atomic mass is 9.83. The van der Waals surface area contributed by atoms with Gasteiger partial charge >= 0.3 is 11.4 Å². The van der Waals surface area contributed by atoms with E-state index in [1.165, 1.54) is 85.0 Å². The number of piperidine rings is 4. The van der Waals surface area contributed by atoms with Crippen molar-refractivity contribution in [3.63, 3.8) is 0 Å². The average Bonchev–Trinajstić information content (AvgIpc) is 3.94. The molecule has 10 heterocycles. The van der Waals surface area contributed by atoms with Gasteiger partial charge in [0.25, 0.3) is 0 Å². The Morgan fingerprint density at radius 2 is 1.16 bits per heavy atom. The van der Waals surface area contributed by atoms with E-state index in [0.717, 1.165) is 57.2 Å². The van der Waals surface area contributed by atoms with Crippen LogP contribution in [0.15, 0.2) is 58.4 Å². The van der Waals surface area contributed by atoms with Gasteiger partial charge in [0.05, 0.1) is 38.8 Å². The molecule has 0 spiro atoms. The van der Waals surface area contributed by atoms with Gasteiger partial charge in [-0.25, -0.2) is 28.3 Å². The molecule has 0 saturated carbocycles. The van der Waals surface area contributed by atoms with Crippen LogP contribution in [0.1, 0.15) is 64.2 Å². The summed E-state index contributed by atoms with van der Waals surface area (Å²) in [5.74, 6) is 1.73. The first-order valence-corrected chi connectivity index (χ1v) is 26.8. The fourth-order valence-corrected chi connectivity index (χ4v) is 10.9. The smallest absolute Gasteiger partial charge is 0.368 e. The Bertz CT molecular complexity index is 3080. The summed E-state index contributed by atoms with van der Waals surface area (Å²) in [7, 11) is 3.05. The van der Waals surface area contributed by atoms with E-state index in [-0.39, 0.29) is 40.8 Å². The fourth-order valence-electron chi connectivity index (χ4n) is 10.7. The molecular formula is C50H65ClF2N18O6. The van der Waals surface area contributed by atoms with Crippen LogP contribution in [0, 0.1) is 23.5 Å². The molecule has 0 bridgehead atoms. The Labute approximate surface area is 447 Å². The third-order valence-corrected chi connectivity index (χ3v) is 15.1. The number of benzene rings is 2. The normalized spacial score (nSPS) is 21.6. The maximum Gasteiger partial charge on any atom is 0.368 e. The van der Waals surface area contributed by atoms with Crippen molar-refractivity contribution in [1.29, 1.82) is 0 Å². The number of nitrogen functional groups attached to an aromatic ring is 1. The molecule has 77 heavy (non-hydrogen) atoms. The highest BCUT2D eigenvalue weighted by molar-refractivity contribution is 6.28. The van der Waals surface area contributed by atoms with Crippen molar-refractivity contribution < 1.29 is 27.7 Å². The molecule has 0 aliphatic carbocycles. The lowest BCUT2D eigenvalue weighted by Crippen LogP contribution is -2.49. The molecule has 6 aliphatic rings. The van der Waals surface area contributed by atoms with E-state index >= 15 is 0 Å². The number of nitrogens with two attached hydrogens (primary N) is 1. The third kappa shape index (κ3) is 12.9. The van der Waals surface area contributed by atoms with Crippen molar-refractivity contribution in [3.05, 3.63) is 86.7 Å². The second kappa shape index (κ2) is 24.6. The topological polar surface area (TPSA) is 262 Å². The second-order valence-electron chi connectivity index (χ2n) is 20.2. The molecule has 6 fully saturated rings. The third-order valence-electron chi connectivity index (χ3n) is 14.9. The molecule has 412 valence electrons. The number of fused-ring (bicyclic) bond motifs is 2. The predicted octanol–water partition coefficient (Wildman–Crippen LogP) is 4.36. The largest absolute Gasteiger partial charge is 0.483 e. The lowest BCUT2D eigenvalue weighted by Gasteiger charge is -2.44. The summed E-state index contributed by atoms with van der Waals surface area (Å²) in [5, 5.41) is 24.8. The van der Waals surface area contributed by atoms with Gasteiger partial charge in [-0.15, -0.1) is 0 Å². The Kier molecular flexibility index (Phi) is 17.1. The predicted molar refractivity (Wildman–Crippen MR) is 281 cm³/mol. The number of rotatable bonds is 14. The summed E-state index contributed by atoms with van der Waals surface area (Å²) < 4.78 is 54.8. The van der Waals surface area contributed by atoms with Gasteiger partial charge in [0.15, 0.2) is 23.3 Å². The van der Waals surface area contributed by atoms with E-state index in [1.807, 2.05) is 0 Å². The number of anilines is 5. The van der Waals surface area contributed by atoms with Gasteiger partial charge in [-0.2, -0.15) is 28.7 Å². The van der Waals surface area contributed by atoms with Crippen LogP contribution in [0.4, 0.5) is 37.7 Å². The van der Waals surface area contributed by atoms with Gasteiger partial charge < -0.3 is 50.4 Å². The molecule has 6 aromatic rings. The zero-order valence-corrected chi connectivity index (χ0v) is 43.9. The van der Waals surface area contributed by atoms with Crippen LogP contribution in [-0.2, 0) is 23.6 Å². The van der Waals surface area contributed by atoms with Gasteiger partial charge in [-0.3, -0.25) is 0 Å². The number of hydrogen-bond acceptors (Lipinski definition) is 20. The second-order valence-corrected chi connectivity index (χ2v) is 20.5. The van der Waals surface area contributed by atoms with Crippen LogP contribution >= 0.6 is 11.6 Å². The van der Waals surface area contributed by atoms with Crippen molar-refractivity contribution in [1.82, 2.24) is 69.3 Å². The zero-order chi connectivity index (χ0) is 53.4. The minimum Gasteiger partial charge on any atom is -0.483 e. The highest BCUT2D eigenvalue weighted by Crippen LogP contribution is 2.34. The molecule has 6 saturated heterocycles. The maximum absolute atomic E-state index is 14.6. The number of nitrogens with one attached hydrogen (secondary N) is 3. The highest BCUT2D eigenvalue weighted by Gasteiger charge is 2.34. The number of tetrazole rings is 2. The molecule has 5 N–H and O–H groups in total. The molecule has 4 aromatic heterocycles. The summed E-state index contributed by atoms with van der Waals surface area (Å²) in [6.45, 7) is 8.23. The van der Waals surface area contributed by atoms with Crippen molar-refractivity contribution in [2.45, 2.75) is 88.5 Å². The summed E-state index contributed by atoms with van der Waals surface area (Å²) in [6.07, 6.45) is 14.5. The van der Waals surface area contributed by atoms with Crippen LogP contribution in [0.3, 0.4) is 0 Å². The maximum atomic E-state index is 14.6. The number of aryl methyl sites for hydroxylation is 2. The molecule has 0 amide bonds. The highest BCUT2D eigenvalue weighted by atomic mass is 35.5. The number of aromatic nitrogens is 12. The van der Waals surface area contributed by atoms with Crippen LogP contribution < -0.4 is 42.5 Å². The zero-order valence-electron chi connectivity index (χ0n) is 43.1. The van der Waals surface area contributed by atoms with Gasteiger partial charge in [0.2, 0.25) is 11.2 Å². The minimum atomic E-state index is -0.495. The van der Waals surface area contributed by atoms with Crippen molar-refractivity contribution in [2.24, 2.45) is 25.9 Å². The molecule has 2 aromatic carbocycles. The lowest BCUT2D eigenvalue weighted by molar-refractivity contribution is -0.0797. The van der Waals surface area contributed by atoms with Crippen LogP contribution in [-0.4, -0.2) is 159 Å². The summed E-state index contributed by atoms with van der Waals surface area (Å²) in [4.78, 5) is 45.7. The molecule has 0 unspecified atom stereocenters. The van der Waals surface area contributed by atoms with E-state index in [4.69, 9.17) is 36.3 Å². The quantitative estimate of drug-likeness (QED) is 0.0872.